The number of rotatable bonds is 1. The number of fused-ring (bicyclic) bond motifs is 3. The van der Waals surface area contributed by atoms with Crippen LogP contribution in [0, 0.1) is 11.3 Å². The van der Waals surface area contributed by atoms with Gasteiger partial charge in [0.05, 0.1) is 12.5 Å². The molecule has 1 heteroatoms. The van der Waals surface area contributed by atoms with Gasteiger partial charge in [-0.15, -0.1) is 0 Å². The van der Waals surface area contributed by atoms with E-state index >= 15 is 0 Å². The predicted molar refractivity (Wildman–Crippen MR) is 125 cm³/mol. The molecule has 0 bridgehead atoms. The molecule has 27 heavy (non-hydrogen) atoms. The van der Waals surface area contributed by atoms with Crippen molar-refractivity contribution in [3.05, 3.63) is 60.2 Å². The molecule has 0 unspecified atom stereocenters. The van der Waals surface area contributed by atoms with Gasteiger partial charge in [0.15, 0.2) is 0 Å². The second-order valence-electron chi connectivity index (χ2n) is 4.88. The topological polar surface area (TPSA) is 23.8 Å². The molecule has 0 amide bonds. The number of nitrogens with zero attached hydrogens (tertiary/aromatic N) is 1. The Kier molecular flexibility index (Phi) is 13.4. The Morgan fingerprint density at radius 1 is 0.630 bits per heavy atom. The monoisotopic (exact) mass is 363 g/mol. The quantitative estimate of drug-likeness (QED) is 0.331. The molecule has 0 fully saturated rings. The van der Waals surface area contributed by atoms with Gasteiger partial charge < -0.3 is 0 Å². The van der Waals surface area contributed by atoms with Crippen molar-refractivity contribution in [1.29, 1.82) is 5.26 Å². The van der Waals surface area contributed by atoms with E-state index in [0.29, 0.717) is 6.42 Å². The zero-order valence-corrected chi connectivity index (χ0v) is 16.4. The zero-order chi connectivity index (χ0) is 18.8. The van der Waals surface area contributed by atoms with Crippen LogP contribution in [-0.4, -0.2) is 0 Å². The van der Waals surface area contributed by atoms with Crippen molar-refractivity contribution in [1.82, 2.24) is 0 Å². The van der Waals surface area contributed by atoms with Crippen LogP contribution in [0.15, 0.2) is 54.6 Å². The maximum Gasteiger partial charge on any atom is 0.0669 e. The van der Waals surface area contributed by atoms with E-state index in [1.165, 1.54) is 33.0 Å². The first-order valence-corrected chi connectivity index (χ1v) is 9.41. The summed E-state index contributed by atoms with van der Waals surface area (Å²) in [5.41, 5.74) is 6.32. The van der Waals surface area contributed by atoms with Gasteiger partial charge in [-0.3, -0.25) is 0 Å². The summed E-state index contributed by atoms with van der Waals surface area (Å²) in [7, 11) is 0. The van der Waals surface area contributed by atoms with Gasteiger partial charge in [-0.05, 0) is 38.6 Å². The molecular weight excluding hydrogens is 326 g/mol. The molecule has 146 valence electrons. The smallest absolute Gasteiger partial charge is 0.0669 e. The fraction of sp³-hybridized carbons (Fsp3) is 0.346. The second-order valence-corrected chi connectivity index (χ2v) is 4.88. The maximum atomic E-state index is 8.96. The van der Waals surface area contributed by atoms with E-state index < -0.39 is 0 Å². The maximum absolute atomic E-state index is 8.96. The first kappa shape index (κ1) is 26.6. The Morgan fingerprint density at radius 2 is 1.11 bits per heavy atom. The van der Waals surface area contributed by atoms with E-state index in [9.17, 15) is 0 Å². The first-order chi connectivity index (χ1) is 12.4. The predicted octanol–water partition coefficient (Wildman–Crippen LogP) is 8.90. The number of hydrogen-bond acceptors (Lipinski definition) is 1. The normalized spacial score (nSPS) is 8.63. The lowest BCUT2D eigenvalue weighted by atomic mass is 9.97. The van der Waals surface area contributed by atoms with Crippen molar-refractivity contribution in [3.63, 3.8) is 0 Å². The molecule has 0 atom stereocenters. The summed E-state index contributed by atoms with van der Waals surface area (Å²) in [4.78, 5) is 0. The lowest BCUT2D eigenvalue weighted by Gasteiger charge is -2.06. The van der Waals surface area contributed by atoms with Crippen LogP contribution in [0.1, 0.15) is 62.0 Å². The Morgan fingerprint density at radius 3 is 1.63 bits per heavy atom. The van der Waals surface area contributed by atoms with Gasteiger partial charge in [-0.2, -0.15) is 5.26 Å². The third-order valence-electron chi connectivity index (χ3n) is 3.91. The van der Waals surface area contributed by atoms with Crippen LogP contribution in [0.3, 0.4) is 0 Å². The van der Waals surface area contributed by atoms with Crippen LogP contribution in [0.25, 0.3) is 33.0 Å². The summed E-state index contributed by atoms with van der Waals surface area (Å²) >= 11 is 0. The van der Waals surface area contributed by atoms with Gasteiger partial charge in [0.2, 0.25) is 0 Å². The summed E-state index contributed by atoms with van der Waals surface area (Å²) in [6, 6.07) is 21.4. The van der Waals surface area contributed by atoms with Crippen molar-refractivity contribution in [2.45, 2.75) is 62.8 Å². The van der Waals surface area contributed by atoms with E-state index in [1.807, 2.05) is 41.5 Å². The lowest BCUT2D eigenvalue weighted by molar-refractivity contribution is 1.29. The highest BCUT2D eigenvalue weighted by Crippen LogP contribution is 2.47. The summed E-state index contributed by atoms with van der Waals surface area (Å²) in [6.45, 7) is 12.0. The van der Waals surface area contributed by atoms with Gasteiger partial charge in [0, 0.05) is 0 Å². The number of nitriles is 1. The van der Waals surface area contributed by atoms with Crippen molar-refractivity contribution >= 4 is 10.8 Å². The molecule has 1 nitrogen and oxygen atoms in total. The largest absolute Gasteiger partial charge is 0.198 e. The van der Waals surface area contributed by atoms with E-state index in [-0.39, 0.29) is 14.9 Å². The number of benzene rings is 3. The second kappa shape index (κ2) is 13.6. The third-order valence-corrected chi connectivity index (χ3v) is 3.91. The number of hydrogen-bond donors (Lipinski definition) is 0. The summed E-state index contributed by atoms with van der Waals surface area (Å²) in [6.07, 6.45) is 0.469. The minimum Gasteiger partial charge on any atom is -0.198 e. The molecule has 0 spiro atoms. The van der Waals surface area contributed by atoms with E-state index in [1.54, 1.807) is 0 Å². The average Bonchev–Trinajstić information content (AvgIpc) is 3.05. The molecule has 0 aromatic heterocycles. The van der Waals surface area contributed by atoms with Gasteiger partial charge in [-0.1, -0.05) is 111 Å². The van der Waals surface area contributed by atoms with Gasteiger partial charge in [0.1, 0.15) is 0 Å². The molecule has 1 aliphatic rings. The van der Waals surface area contributed by atoms with Gasteiger partial charge in [0.25, 0.3) is 0 Å². The third kappa shape index (κ3) is 4.98. The van der Waals surface area contributed by atoms with Crippen LogP contribution in [-0.2, 0) is 6.42 Å². The average molecular weight is 364 g/mol. The van der Waals surface area contributed by atoms with Crippen LogP contribution in [0.4, 0.5) is 0 Å². The van der Waals surface area contributed by atoms with Crippen LogP contribution >= 0.6 is 0 Å². The summed E-state index contributed by atoms with van der Waals surface area (Å²) < 4.78 is 0. The molecule has 1 aliphatic carbocycles. The molecule has 0 heterocycles. The van der Waals surface area contributed by atoms with E-state index in [0.717, 1.165) is 5.56 Å². The highest BCUT2D eigenvalue weighted by Gasteiger charge is 2.21. The molecule has 3 aromatic rings. The molecule has 3 aromatic carbocycles. The molecule has 0 saturated carbocycles. The summed E-state index contributed by atoms with van der Waals surface area (Å²) in [5.74, 6) is 0. The Bertz CT molecular complexity index is 824. The van der Waals surface area contributed by atoms with Crippen molar-refractivity contribution in [2.24, 2.45) is 0 Å². The molecule has 0 saturated heterocycles. The minimum atomic E-state index is 0. The van der Waals surface area contributed by atoms with Crippen LogP contribution in [0.2, 0.25) is 0 Å². The van der Waals surface area contributed by atoms with Crippen molar-refractivity contribution < 1.29 is 0 Å². The Balaban J connectivity index is 0. The van der Waals surface area contributed by atoms with Gasteiger partial charge in [-0.25, -0.2) is 0 Å². The summed E-state index contributed by atoms with van der Waals surface area (Å²) in [5, 5.41) is 11.5. The zero-order valence-electron chi connectivity index (χ0n) is 16.4. The van der Waals surface area contributed by atoms with Crippen molar-refractivity contribution in [3.8, 4) is 28.3 Å². The van der Waals surface area contributed by atoms with Crippen LogP contribution < -0.4 is 0 Å². The lowest BCUT2D eigenvalue weighted by Crippen LogP contribution is -1.85. The standard InChI is InChI=1S/C18H11N.3C2H6.2CH4/c19-11-10-12-8-9-17-15-5-2-1-4-14(15)16-7-3-6-13(12)18(16)17;3*1-2;;/h1-9H,10H2;3*1-2H3;2*1H4. The minimum absolute atomic E-state index is 0. The molecular formula is C26H37N. The molecule has 4 rings (SSSR count). The molecule has 0 aliphatic heterocycles. The van der Waals surface area contributed by atoms with Gasteiger partial charge >= 0.3 is 0 Å². The fourth-order valence-electron chi connectivity index (χ4n) is 3.11. The van der Waals surface area contributed by atoms with Crippen molar-refractivity contribution in [2.75, 3.05) is 0 Å². The molecule has 0 radical (unpaired) electrons. The first-order valence-electron chi connectivity index (χ1n) is 9.41. The van der Waals surface area contributed by atoms with Crippen LogP contribution in [0.5, 0.6) is 0 Å². The molecule has 0 N–H and O–H groups in total. The fourth-order valence-corrected chi connectivity index (χ4v) is 3.11. The van der Waals surface area contributed by atoms with E-state index in [2.05, 4.69) is 60.7 Å². The Hall–Kier alpha value is -2.59. The Labute approximate surface area is 167 Å². The van der Waals surface area contributed by atoms with E-state index in [4.69, 9.17) is 5.26 Å². The SMILES string of the molecule is C.C.CC.CC.CC.N#CCc1ccc2c3c(cccc13)-c1ccccc1-2. The highest BCUT2D eigenvalue weighted by molar-refractivity contribution is 6.15. The highest BCUT2D eigenvalue weighted by atomic mass is 14.3.